The molecule has 1 aromatic heterocycles. The van der Waals surface area contributed by atoms with Gasteiger partial charge in [0.2, 0.25) is 11.8 Å². The van der Waals surface area contributed by atoms with Gasteiger partial charge in [0.1, 0.15) is 6.04 Å². The smallest absolute Gasteiger partial charge is 0.244 e. The molecule has 5 nitrogen and oxygen atoms in total. The number of aromatic nitrogens is 1. The Labute approximate surface area is 116 Å². The molecule has 0 aliphatic carbocycles. The molecule has 2 N–H and O–H groups in total. The van der Waals surface area contributed by atoms with Crippen molar-refractivity contribution in [3.05, 3.63) is 22.2 Å². The number of amides is 2. The maximum atomic E-state index is 11.7. The SMILES string of the molecule is Cc1nc(/C=C/C(=O)N[C@H]2CCCCNC2=O)cs1. The van der Waals surface area contributed by atoms with Crippen molar-refractivity contribution in [2.45, 2.75) is 32.2 Å². The van der Waals surface area contributed by atoms with Crippen LogP contribution in [0.25, 0.3) is 6.08 Å². The zero-order valence-electron chi connectivity index (χ0n) is 10.8. The number of rotatable bonds is 3. The van der Waals surface area contributed by atoms with E-state index in [9.17, 15) is 9.59 Å². The summed E-state index contributed by atoms with van der Waals surface area (Å²) in [5.74, 6) is -0.351. The summed E-state index contributed by atoms with van der Waals surface area (Å²) < 4.78 is 0. The van der Waals surface area contributed by atoms with Gasteiger partial charge in [0.15, 0.2) is 0 Å². The number of carbonyl (C=O) groups is 2. The molecule has 0 bridgehead atoms. The average Bonchev–Trinajstić information content (AvgIpc) is 2.69. The largest absolute Gasteiger partial charge is 0.354 e. The van der Waals surface area contributed by atoms with E-state index in [4.69, 9.17) is 0 Å². The van der Waals surface area contributed by atoms with Crippen molar-refractivity contribution >= 4 is 29.2 Å². The van der Waals surface area contributed by atoms with Crippen LogP contribution in [0.1, 0.15) is 30.0 Å². The van der Waals surface area contributed by atoms with Gasteiger partial charge >= 0.3 is 0 Å². The van der Waals surface area contributed by atoms with Gasteiger partial charge in [-0.05, 0) is 32.3 Å². The lowest BCUT2D eigenvalue weighted by Crippen LogP contribution is -2.44. The minimum absolute atomic E-state index is 0.0937. The van der Waals surface area contributed by atoms with Crippen molar-refractivity contribution in [3.63, 3.8) is 0 Å². The Morgan fingerprint density at radius 1 is 1.58 bits per heavy atom. The van der Waals surface area contributed by atoms with Crippen molar-refractivity contribution < 1.29 is 9.59 Å². The molecule has 2 rings (SSSR count). The molecule has 1 saturated heterocycles. The highest BCUT2D eigenvalue weighted by Crippen LogP contribution is 2.09. The molecule has 0 radical (unpaired) electrons. The molecule has 6 heteroatoms. The molecule has 0 saturated carbocycles. The second kappa shape index (κ2) is 6.47. The topological polar surface area (TPSA) is 71.1 Å². The predicted molar refractivity (Wildman–Crippen MR) is 74.7 cm³/mol. The van der Waals surface area contributed by atoms with Gasteiger partial charge in [0, 0.05) is 18.0 Å². The van der Waals surface area contributed by atoms with E-state index in [-0.39, 0.29) is 11.8 Å². The van der Waals surface area contributed by atoms with Gasteiger partial charge in [-0.25, -0.2) is 4.98 Å². The van der Waals surface area contributed by atoms with E-state index in [1.54, 1.807) is 6.08 Å². The summed E-state index contributed by atoms with van der Waals surface area (Å²) >= 11 is 1.54. The predicted octanol–water partition coefficient (Wildman–Crippen LogP) is 1.25. The Morgan fingerprint density at radius 2 is 2.42 bits per heavy atom. The first-order valence-corrected chi connectivity index (χ1v) is 7.21. The number of nitrogens with zero attached hydrogens (tertiary/aromatic N) is 1. The Kier molecular flexibility index (Phi) is 4.68. The maximum absolute atomic E-state index is 11.7. The highest BCUT2D eigenvalue weighted by Gasteiger charge is 2.21. The van der Waals surface area contributed by atoms with Crippen LogP contribution in [-0.4, -0.2) is 29.4 Å². The van der Waals surface area contributed by atoms with E-state index in [1.807, 2.05) is 12.3 Å². The zero-order valence-corrected chi connectivity index (χ0v) is 11.6. The second-order valence-corrected chi connectivity index (χ2v) is 5.53. The van der Waals surface area contributed by atoms with Crippen LogP contribution in [0.15, 0.2) is 11.5 Å². The number of carbonyl (C=O) groups excluding carboxylic acids is 2. The van der Waals surface area contributed by atoms with Crippen LogP contribution in [0.4, 0.5) is 0 Å². The van der Waals surface area contributed by atoms with Crippen LogP contribution in [-0.2, 0) is 9.59 Å². The van der Waals surface area contributed by atoms with E-state index in [2.05, 4.69) is 15.6 Å². The molecule has 1 aromatic rings. The molecule has 1 aliphatic heterocycles. The summed E-state index contributed by atoms with van der Waals surface area (Å²) in [5.41, 5.74) is 0.767. The van der Waals surface area contributed by atoms with Gasteiger partial charge in [-0.15, -0.1) is 11.3 Å². The Morgan fingerprint density at radius 3 is 3.16 bits per heavy atom. The lowest BCUT2D eigenvalue weighted by molar-refractivity contribution is -0.126. The third kappa shape index (κ3) is 4.17. The molecule has 2 heterocycles. The van der Waals surface area contributed by atoms with Gasteiger partial charge in [-0.2, -0.15) is 0 Å². The monoisotopic (exact) mass is 279 g/mol. The number of thiazole rings is 1. The first kappa shape index (κ1) is 13.7. The molecule has 1 atom stereocenters. The van der Waals surface area contributed by atoms with E-state index in [0.717, 1.165) is 23.5 Å². The number of nitrogens with one attached hydrogen (secondary N) is 2. The van der Waals surface area contributed by atoms with Crippen LogP contribution in [0.5, 0.6) is 0 Å². The zero-order chi connectivity index (χ0) is 13.7. The highest BCUT2D eigenvalue weighted by atomic mass is 32.1. The Hall–Kier alpha value is -1.69. The van der Waals surface area contributed by atoms with Crippen molar-refractivity contribution in [2.75, 3.05) is 6.54 Å². The number of hydrogen-bond acceptors (Lipinski definition) is 4. The van der Waals surface area contributed by atoms with Crippen molar-refractivity contribution in [3.8, 4) is 0 Å². The third-order valence-electron chi connectivity index (χ3n) is 2.89. The molecular formula is C13H17N3O2S. The molecule has 1 fully saturated rings. The molecule has 0 unspecified atom stereocenters. The lowest BCUT2D eigenvalue weighted by Gasteiger charge is -2.13. The van der Waals surface area contributed by atoms with Gasteiger partial charge in [-0.1, -0.05) is 0 Å². The number of aryl methyl sites for hydroxylation is 1. The summed E-state index contributed by atoms with van der Waals surface area (Å²) in [7, 11) is 0. The quantitative estimate of drug-likeness (QED) is 0.818. The molecule has 2 amide bonds. The maximum Gasteiger partial charge on any atom is 0.244 e. The second-order valence-electron chi connectivity index (χ2n) is 4.47. The lowest BCUT2D eigenvalue weighted by atomic mass is 10.1. The summed E-state index contributed by atoms with van der Waals surface area (Å²) in [4.78, 5) is 27.6. The first-order chi connectivity index (χ1) is 9.15. The van der Waals surface area contributed by atoms with E-state index < -0.39 is 6.04 Å². The van der Waals surface area contributed by atoms with Gasteiger partial charge in [0.05, 0.1) is 10.7 Å². The van der Waals surface area contributed by atoms with Crippen LogP contribution in [0.2, 0.25) is 0 Å². The highest BCUT2D eigenvalue weighted by molar-refractivity contribution is 7.09. The minimum atomic E-state index is -0.420. The minimum Gasteiger partial charge on any atom is -0.354 e. The molecule has 19 heavy (non-hydrogen) atoms. The van der Waals surface area contributed by atoms with Crippen LogP contribution >= 0.6 is 11.3 Å². The molecule has 1 aliphatic rings. The fourth-order valence-electron chi connectivity index (χ4n) is 1.91. The summed E-state index contributed by atoms with van der Waals surface area (Å²) in [6, 6.07) is -0.420. The van der Waals surface area contributed by atoms with E-state index >= 15 is 0 Å². The number of hydrogen-bond donors (Lipinski definition) is 2. The molecule has 0 spiro atoms. The Balaban J connectivity index is 1.89. The van der Waals surface area contributed by atoms with Gasteiger partial charge in [0.25, 0.3) is 0 Å². The van der Waals surface area contributed by atoms with Crippen LogP contribution in [0.3, 0.4) is 0 Å². The third-order valence-corrected chi connectivity index (χ3v) is 3.69. The van der Waals surface area contributed by atoms with E-state index in [0.29, 0.717) is 13.0 Å². The van der Waals surface area contributed by atoms with Gasteiger partial charge in [-0.3, -0.25) is 9.59 Å². The fraction of sp³-hybridized carbons (Fsp3) is 0.462. The Bertz CT molecular complexity index is 496. The fourth-order valence-corrected chi connectivity index (χ4v) is 2.50. The molecule has 0 aromatic carbocycles. The summed E-state index contributed by atoms with van der Waals surface area (Å²) in [5, 5.41) is 8.36. The van der Waals surface area contributed by atoms with E-state index in [1.165, 1.54) is 17.4 Å². The summed E-state index contributed by atoms with van der Waals surface area (Å²) in [6.45, 7) is 2.61. The first-order valence-electron chi connectivity index (χ1n) is 6.33. The standard InChI is InChI=1S/C13H17N3O2S/c1-9-15-10(8-19-9)5-6-12(17)16-11-4-2-3-7-14-13(11)18/h5-6,8,11H,2-4,7H2,1H3,(H,14,18)(H,16,17)/b6-5+/t11-/m0/s1. The van der Waals surface area contributed by atoms with Crippen LogP contribution < -0.4 is 10.6 Å². The van der Waals surface area contributed by atoms with Crippen molar-refractivity contribution in [2.24, 2.45) is 0 Å². The van der Waals surface area contributed by atoms with Crippen molar-refractivity contribution in [1.82, 2.24) is 15.6 Å². The molecule has 102 valence electrons. The van der Waals surface area contributed by atoms with Crippen LogP contribution in [0, 0.1) is 6.92 Å². The molecular weight excluding hydrogens is 262 g/mol. The normalized spacial score (nSPS) is 20.1. The van der Waals surface area contributed by atoms with Gasteiger partial charge < -0.3 is 10.6 Å². The average molecular weight is 279 g/mol. The van der Waals surface area contributed by atoms with Crippen molar-refractivity contribution in [1.29, 1.82) is 0 Å². The summed E-state index contributed by atoms with van der Waals surface area (Å²) in [6.07, 6.45) is 5.69.